The molecule has 0 amide bonds. The van der Waals surface area contributed by atoms with E-state index in [1.807, 2.05) is 19.1 Å². The van der Waals surface area contributed by atoms with Crippen molar-refractivity contribution in [2.24, 2.45) is 11.7 Å². The molecule has 3 nitrogen and oxygen atoms in total. The molecule has 22 heavy (non-hydrogen) atoms. The van der Waals surface area contributed by atoms with Crippen molar-refractivity contribution in [2.75, 3.05) is 0 Å². The minimum absolute atomic E-state index is 0.262. The highest BCUT2D eigenvalue weighted by molar-refractivity contribution is 5.85. The summed E-state index contributed by atoms with van der Waals surface area (Å²) in [5.41, 5.74) is 8.76. The van der Waals surface area contributed by atoms with Crippen molar-refractivity contribution in [3.05, 3.63) is 29.3 Å². The van der Waals surface area contributed by atoms with Gasteiger partial charge in [-0.05, 0) is 38.2 Å². The molecule has 1 aliphatic rings. The molecular formula is C19H30N2O. The maximum atomic E-state index is 10.3. The number of benzene rings is 1. The van der Waals surface area contributed by atoms with Crippen LogP contribution >= 0.6 is 0 Å². The van der Waals surface area contributed by atoms with Crippen molar-refractivity contribution in [3.8, 4) is 5.75 Å². The summed E-state index contributed by atoms with van der Waals surface area (Å²) in [5, 5.41) is 18.8. The Kier molecular flexibility index (Phi) is 5.63. The van der Waals surface area contributed by atoms with Gasteiger partial charge in [0.1, 0.15) is 5.75 Å². The maximum Gasteiger partial charge on any atom is 0.120 e. The molecule has 0 aliphatic heterocycles. The number of phenolic OH excluding ortho intramolecular Hbond substituents is 1. The van der Waals surface area contributed by atoms with E-state index in [9.17, 15) is 5.11 Å². The average molecular weight is 302 g/mol. The molecule has 1 aromatic carbocycles. The molecule has 1 saturated carbocycles. The first kappa shape index (κ1) is 17.0. The van der Waals surface area contributed by atoms with Crippen molar-refractivity contribution in [1.29, 1.82) is 5.41 Å². The Hall–Kier alpha value is -1.35. The Morgan fingerprint density at radius 1 is 1.32 bits per heavy atom. The molecule has 0 bridgehead atoms. The van der Waals surface area contributed by atoms with Crippen LogP contribution in [0.15, 0.2) is 18.2 Å². The molecule has 4 N–H and O–H groups in total. The third-order valence-corrected chi connectivity index (χ3v) is 4.99. The SMILES string of the molecule is CCCC(N)(CC(=N)C1CCCCC1)c1cc(C)ccc1O. The lowest BCUT2D eigenvalue weighted by Gasteiger charge is -2.34. The quantitative estimate of drug-likeness (QED) is 0.670. The lowest BCUT2D eigenvalue weighted by molar-refractivity contribution is 0.370. The fraction of sp³-hybridized carbons (Fsp3) is 0.632. The topological polar surface area (TPSA) is 70.1 Å². The Morgan fingerprint density at radius 2 is 2.00 bits per heavy atom. The number of nitrogens with two attached hydrogens (primary N) is 1. The fourth-order valence-electron chi connectivity index (χ4n) is 3.75. The third kappa shape index (κ3) is 3.89. The molecule has 2 rings (SSSR count). The van der Waals surface area contributed by atoms with E-state index in [2.05, 4.69) is 6.92 Å². The van der Waals surface area contributed by atoms with Crippen LogP contribution in [-0.2, 0) is 5.54 Å². The summed E-state index contributed by atoms with van der Waals surface area (Å²) in [7, 11) is 0. The molecular weight excluding hydrogens is 272 g/mol. The first-order chi connectivity index (χ1) is 10.5. The van der Waals surface area contributed by atoms with E-state index in [1.54, 1.807) is 6.07 Å². The largest absolute Gasteiger partial charge is 0.508 e. The van der Waals surface area contributed by atoms with E-state index < -0.39 is 5.54 Å². The Balaban J connectivity index is 2.23. The molecule has 3 heteroatoms. The number of aryl methyl sites for hydroxylation is 1. The lowest BCUT2D eigenvalue weighted by atomic mass is 9.76. The van der Waals surface area contributed by atoms with Crippen LogP contribution in [0.5, 0.6) is 5.75 Å². The minimum atomic E-state index is -0.626. The van der Waals surface area contributed by atoms with E-state index in [-0.39, 0.29) is 5.75 Å². The van der Waals surface area contributed by atoms with Gasteiger partial charge in [-0.15, -0.1) is 0 Å². The van der Waals surface area contributed by atoms with Crippen molar-refractivity contribution < 1.29 is 5.11 Å². The number of phenols is 1. The van der Waals surface area contributed by atoms with Gasteiger partial charge < -0.3 is 16.2 Å². The summed E-state index contributed by atoms with van der Waals surface area (Å²) in [6.07, 6.45) is 8.30. The second-order valence-corrected chi connectivity index (χ2v) is 6.96. The van der Waals surface area contributed by atoms with Crippen LogP contribution in [0, 0.1) is 18.3 Å². The minimum Gasteiger partial charge on any atom is -0.508 e. The van der Waals surface area contributed by atoms with E-state index in [0.29, 0.717) is 12.3 Å². The van der Waals surface area contributed by atoms with Crippen molar-refractivity contribution >= 4 is 5.71 Å². The van der Waals surface area contributed by atoms with Crippen LogP contribution in [-0.4, -0.2) is 10.8 Å². The summed E-state index contributed by atoms with van der Waals surface area (Å²) < 4.78 is 0. The van der Waals surface area contributed by atoms with Gasteiger partial charge in [-0.25, -0.2) is 0 Å². The van der Waals surface area contributed by atoms with Gasteiger partial charge >= 0.3 is 0 Å². The third-order valence-electron chi connectivity index (χ3n) is 4.99. The molecule has 0 spiro atoms. The lowest BCUT2D eigenvalue weighted by Crippen LogP contribution is -2.40. The first-order valence-electron chi connectivity index (χ1n) is 8.62. The molecule has 1 atom stereocenters. The second-order valence-electron chi connectivity index (χ2n) is 6.96. The molecule has 0 saturated heterocycles. The normalized spacial score (nSPS) is 18.9. The average Bonchev–Trinajstić information content (AvgIpc) is 2.50. The molecule has 0 aromatic heterocycles. The van der Waals surface area contributed by atoms with Gasteiger partial charge in [0, 0.05) is 23.2 Å². The van der Waals surface area contributed by atoms with E-state index in [4.69, 9.17) is 11.1 Å². The number of hydrogen-bond acceptors (Lipinski definition) is 3. The van der Waals surface area contributed by atoms with E-state index >= 15 is 0 Å². The monoisotopic (exact) mass is 302 g/mol. The number of nitrogens with one attached hydrogen (secondary N) is 1. The molecule has 1 aliphatic carbocycles. The second kappa shape index (κ2) is 7.28. The zero-order valence-corrected chi connectivity index (χ0v) is 14.0. The van der Waals surface area contributed by atoms with Crippen molar-refractivity contribution in [1.82, 2.24) is 0 Å². The molecule has 0 radical (unpaired) electrons. The number of hydrogen-bond donors (Lipinski definition) is 3. The molecule has 1 fully saturated rings. The van der Waals surface area contributed by atoms with Crippen LogP contribution in [0.3, 0.4) is 0 Å². The standard InChI is InChI=1S/C19H30N2O/c1-3-11-19(21,16-12-14(2)9-10-18(16)22)13-17(20)15-7-5-4-6-8-15/h9-10,12,15,20,22H,3-8,11,13,21H2,1-2H3. The van der Waals surface area contributed by atoms with E-state index in [0.717, 1.165) is 42.5 Å². The first-order valence-corrected chi connectivity index (χ1v) is 8.62. The zero-order chi connectivity index (χ0) is 16.2. The molecule has 122 valence electrons. The summed E-state index contributed by atoms with van der Waals surface area (Å²) in [6.45, 7) is 4.13. The Bertz CT molecular complexity index is 520. The molecule has 1 unspecified atom stereocenters. The number of rotatable bonds is 6. The van der Waals surface area contributed by atoms with Gasteiger partial charge in [-0.1, -0.05) is 50.3 Å². The van der Waals surface area contributed by atoms with Gasteiger partial charge in [0.25, 0.3) is 0 Å². The number of aromatic hydroxyl groups is 1. The zero-order valence-electron chi connectivity index (χ0n) is 14.0. The Labute approximate surface area is 134 Å². The highest BCUT2D eigenvalue weighted by atomic mass is 16.3. The van der Waals surface area contributed by atoms with Crippen LogP contribution in [0.2, 0.25) is 0 Å². The summed E-state index contributed by atoms with van der Waals surface area (Å²) in [4.78, 5) is 0. The van der Waals surface area contributed by atoms with Crippen LogP contribution < -0.4 is 5.73 Å². The van der Waals surface area contributed by atoms with Gasteiger partial charge in [0.05, 0.1) is 0 Å². The van der Waals surface area contributed by atoms with Gasteiger partial charge in [0.2, 0.25) is 0 Å². The Morgan fingerprint density at radius 3 is 2.64 bits per heavy atom. The summed E-state index contributed by atoms with van der Waals surface area (Å²) >= 11 is 0. The van der Waals surface area contributed by atoms with Crippen LogP contribution in [0.1, 0.15) is 69.4 Å². The fourth-order valence-corrected chi connectivity index (χ4v) is 3.75. The predicted octanol–water partition coefficient (Wildman–Crippen LogP) is 4.64. The highest BCUT2D eigenvalue weighted by Crippen LogP contribution is 2.37. The van der Waals surface area contributed by atoms with Crippen molar-refractivity contribution in [3.63, 3.8) is 0 Å². The summed E-state index contributed by atoms with van der Waals surface area (Å²) in [6, 6.07) is 5.61. The highest BCUT2D eigenvalue weighted by Gasteiger charge is 2.33. The van der Waals surface area contributed by atoms with Crippen molar-refractivity contribution in [2.45, 2.75) is 70.8 Å². The van der Waals surface area contributed by atoms with Gasteiger partial charge in [-0.3, -0.25) is 0 Å². The molecule has 0 heterocycles. The van der Waals surface area contributed by atoms with Crippen LogP contribution in [0.4, 0.5) is 0 Å². The van der Waals surface area contributed by atoms with Gasteiger partial charge in [-0.2, -0.15) is 0 Å². The molecule has 1 aromatic rings. The van der Waals surface area contributed by atoms with Crippen LogP contribution in [0.25, 0.3) is 0 Å². The van der Waals surface area contributed by atoms with Gasteiger partial charge in [0.15, 0.2) is 0 Å². The maximum absolute atomic E-state index is 10.3. The van der Waals surface area contributed by atoms with E-state index in [1.165, 1.54) is 19.3 Å². The summed E-state index contributed by atoms with van der Waals surface area (Å²) in [5.74, 6) is 0.651. The predicted molar refractivity (Wildman–Crippen MR) is 92.5 cm³/mol. The smallest absolute Gasteiger partial charge is 0.120 e.